The molecule has 4 atom stereocenters. The maximum Gasteiger partial charge on any atom is 0.316 e. The average molecular weight is 708 g/mol. The zero-order chi connectivity index (χ0) is 37.0. The van der Waals surface area contributed by atoms with Gasteiger partial charge in [-0.15, -0.1) is 0 Å². The van der Waals surface area contributed by atoms with Crippen LogP contribution in [-0.4, -0.2) is 90.6 Å². The van der Waals surface area contributed by atoms with Crippen molar-refractivity contribution in [3.8, 4) is 0 Å². The standard InChI is InChI=1S/C36H61N5O7S/c1-10-11-15-25(27(43)30(45)37-24-16-17-24)38-29(44)26-20-35(8,9)21-41(26)31(46)28(33(2,3)4)39-32(47)40-36(18-13-12-14-19-36)22-49(48,23-42)34(5,6)7/h22-26,28H,10-21H2,1-9H3,(H,37,45)(H,38,44)(H2,39,40,47). The van der Waals surface area contributed by atoms with Crippen molar-refractivity contribution in [3.05, 3.63) is 0 Å². The molecule has 0 spiro atoms. The Balaban J connectivity index is 1.87. The van der Waals surface area contributed by atoms with Crippen LogP contribution in [0.15, 0.2) is 0 Å². The molecular weight excluding hydrogens is 646 g/mol. The summed E-state index contributed by atoms with van der Waals surface area (Å²) in [5.41, 5.74) is -1.71. The predicted octanol–water partition coefficient (Wildman–Crippen LogP) is 3.63. The number of nitrogens with zero attached hydrogens (tertiary/aromatic N) is 1. The fraction of sp³-hybridized carbons (Fsp3) is 0.806. The molecule has 3 fully saturated rings. The van der Waals surface area contributed by atoms with Gasteiger partial charge in [0.1, 0.15) is 12.1 Å². The van der Waals surface area contributed by atoms with E-state index in [2.05, 4.69) is 21.3 Å². The Kier molecular flexibility index (Phi) is 12.8. The van der Waals surface area contributed by atoms with E-state index in [-0.39, 0.29) is 12.6 Å². The van der Waals surface area contributed by atoms with E-state index in [4.69, 9.17) is 0 Å². The van der Waals surface area contributed by atoms with Gasteiger partial charge in [-0.25, -0.2) is 4.79 Å². The Bertz CT molecular complexity index is 1390. The minimum atomic E-state index is -3.11. The number of urea groups is 1. The number of rotatable bonds is 13. The van der Waals surface area contributed by atoms with E-state index in [1.54, 1.807) is 20.8 Å². The first-order chi connectivity index (χ1) is 22.6. The van der Waals surface area contributed by atoms with Gasteiger partial charge in [0.05, 0.1) is 11.6 Å². The van der Waals surface area contributed by atoms with E-state index in [9.17, 15) is 33.0 Å². The lowest BCUT2D eigenvalue weighted by atomic mass is 9.83. The SMILES string of the molecule is CCCCC(NC(=O)C1CC(C)(C)CN1C(=O)C(NC(=O)NC1(C=S(=O)(C=O)C(C)(C)C)CCCCC1)C(C)(C)C)C(=O)C(=O)NC1CC1. The number of nitrogens with one attached hydrogen (secondary N) is 4. The van der Waals surface area contributed by atoms with Crippen molar-refractivity contribution >= 4 is 50.0 Å². The minimum Gasteiger partial charge on any atom is -0.347 e. The highest BCUT2D eigenvalue weighted by atomic mass is 32.2. The van der Waals surface area contributed by atoms with E-state index in [0.717, 1.165) is 38.5 Å². The second-order valence-corrected chi connectivity index (χ2v) is 20.2. The molecule has 1 saturated heterocycles. The second kappa shape index (κ2) is 15.5. The van der Waals surface area contributed by atoms with E-state index < -0.39 is 78.3 Å². The van der Waals surface area contributed by atoms with Crippen molar-refractivity contribution < 1.29 is 33.0 Å². The highest BCUT2D eigenvalue weighted by Gasteiger charge is 2.48. The third-order valence-corrected chi connectivity index (χ3v) is 12.9. The first-order valence-electron chi connectivity index (χ1n) is 18.0. The van der Waals surface area contributed by atoms with Gasteiger partial charge in [0.25, 0.3) is 5.91 Å². The van der Waals surface area contributed by atoms with Crippen LogP contribution in [-0.2, 0) is 33.5 Å². The lowest BCUT2D eigenvalue weighted by molar-refractivity contribution is -0.144. The third-order valence-electron chi connectivity index (χ3n) is 9.92. The van der Waals surface area contributed by atoms with Crippen molar-refractivity contribution in [2.24, 2.45) is 10.8 Å². The van der Waals surface area contributed by atoms with Gasteiger partial charge < -0.3 is 26.2 Å². The molecule has 0 aromatic carbocycles. The number of hydrogen-bond acceptors (Lipinski definition) is 7. The van der Waals surface area contributed by atoms with Crippen molar-refractivity contribution in [1.29, 1.82) is 0 Å². The molecule has 13 heteroatoms. The van der Waals surface area contributed by atoms with Crippen molar-refractivity contribution in [2.75, 3.05) is 6.54 Å². The molecule has 2 aliphatic carbocycles. The molecule has 3 aliphatic rings. The Morgan fingerprint density at radius 1 is 0.959 bits per heavy atom. The number of carbonyl (C=O) groups is 6. The molecule has 4 unspecified atom stereocenters. The maximum absolute atomic E-state index is 14.4. The Morgan fingerprint density at radius 3 is 2.08 bits per heavy atom. The van der Waals surface area contributed by atoms with Crippen LogP contribution < -0.4 is 21.3 Å². The molecule has 5 amide bonds. The van der Waals surface area contributed by atoms with Gasteiger partial charge in [0, 0.05) is 32.2 Å². The van der Waals surface area contributed by atoms with Crippen LogP contribution >= 0.6 is 0 Å². The molecule has 12 nitrogen and oxygen atoms in total. The number of Topliss-reactive ketones (excluding diaryl/α,β-unsaturated/α-hetero) is 1. The molecule has 49 heavy (non-hydrogen) atoms. The van der Waals surface area contributed by atoms with Crippen LogP contribution in [0.25, 0.3) is 0 Å². The zero-order valence-electron chi connectivity index (χ0n) is 31.2. The first-order valence-corrected chi connectivity index (χ1v) is 19.6. The molecule has 0 aromatic rings. The highest BCUT2D eigenvalue weighted by Crippen LogP contribution is 2.36. The highest BCUT2D eigenvalue weighted by molar-refractivity contribution is 8.14. The van der Waals surface area contributed by atoms with Crippen LogP contribution in [0.4, 0.5) is 4.79 Å². The van der Waals surface area contributed by atoms with Gasteiger partial charge in [-0.05, 0) is 70.1 Å². The van der Waals surface area contributed by atoms with E-state index in [1.807, 2.05) is 41.5 Å². The van der Waals surface area contributed by atoms with Crippen molar-refractivity contribution in [3.63, 3.8) is 0 Å². The van der Waals surface area contributed by atoms with Crippen molar-refractivity contribution in [1.82, 2.24) is 26.2 Å². The Morgan fingerprint density at radius 2 is 1.57 bits per heavy atom. The summed E-state index contributed by atoms with van der Waals surface area (Å²) in [6.45, 7) is 16.8. The van der Waals surface area contributed by atoms with E-state index >= 15 is 0 Å². The summed E-state index contributed by atoms with van der Waals surface area (Å²) >= 11 is 0. The smallest absolute Gasteiger partial charge is 0.316 e. The quantitative estimate of drug-likeness (QED) is 0.129. The summed E-state index contributed by atoms with van der Waals surface area (Å²) in [7, 11) is -3.11. The van der Waals surface area contributed by atoms with Gasteiger partial charge in [0.15, 0.2) is 5.62 Å². The Labute approximate surface area is 293 Å². The van der Waals surface area contributed by atoms with Crippen LogP contribution in [0.1, 0.15) is 133 Å². The van der Waals surface area contributed by atoms with Crippen LogP contribution in [0.3, 0.4) is 0 Å². The van der Waals surface area contributed by atoms with Crippen LogP contribution in [0.2, 0.25) is 0 Å². The Hall–Kier alpha value is -2.96. The van der Waals surface area contributed by atoms with Gasteiger partial charge in [-0.1, -0.05) is 73.6 Å². The zero-order valence-corrected chi connectivity index (χ0v) is 32.0. The van der Waals surface area contributed by atoms with Crippen LogP contribution in [0, 0.1) is 10.8 Å². The maximum atomic E-state index is 14.4. The average Bonchev–Trinajstić information content (AvgIpc) is 3.75. The fourth-order valence-corrected chi connectivity index (χ4v) is 8.33. The van der Waals surface area contributed by atoms with E-state index in [1.165, 1.54) is 10.3 Å². The monoisotopic (exact) mass is 707 g/mol. The summed E-state index contributed by atoms with van der Waals surface area (Å²) in [6, 6.07) is -3.59. The van der Waals surface area contributed by atoms with Gasteiger partial charge in [-0.3, -0.25) is 28.2 Å². The van der Waals surface area contributed by atoms with Gasteiger partial charge in [-0.2, -0.15) is 0 Å². The number of unbranched alkanes of at least 4 members (excludes halogenated alkanes) is 1. The number of likely N-dealkylation sites (tertiary alicyclic amines) is 1. The summed E-state index contributed by atoms with van der Waals surface area (Å²) in [6.07, 6.45) is 7.22. The first kappa shape index (κ1) is 40.5. The molecule has 4 N–H and O–H groups in total. The third kappa shape index (κ3) is 10.5. The molecule has 278 valence electrons. The van der Waals surface area contributed by atoms with Crippen molar-refractivity contribution in [2.45, 2.75) is 167 Å². The van der Waals surface area contributed by atoms with E-state index in [0.29, 0.717) is 37.7 Å². The summed E-state index contributed by atoms with van der Waals surface area (Å²) in [5, 5.41) is 12.9. The van der Waals surface area contributed by atoms with Gasteiger partial charge >= 0.3 is 6.03 Å². The molecule has 2 saturated carbocycles. The second-order valence-electron chi connectivity index (χ2n) is 17.3. The fourth-order valence-electron chi connectivity index (χ4n) is 6.67. The normalized spacial score (nSPS) is 22.9. The number of amides is 5. The number of carbonyl (C=O) groups excluding carboxylic acids is 6. The largest absolute Gasteiger partial charge is 0.347 e. The lowest BCUT2D eigenvalue weighted by Gasteiger charge is -2.39. The number of ketones is 1. The lowest BCUT2D eigenvalue weighted by Crippen LogP contribution is -2.63. The molecule has 1 aliphatic heterocycles. The summed E-state index contributed by atoms with van der Waals surface area (Å²) in [5.74, 6) is -2.34. The molecular formula is C36H61N5O7S. The summed E-state index contributed by atoms with van der Waals surface area (Å²) in [4.78, 5) is 81.4. The van der Waals surface area contributed by atoms with Crippen LogP contribution in [0.5, 0.6) is 0 Å². The predicted molar refractivity (Wildman–Crippen MR) is 193 cm³/mol. The molecule has 0 aromatic heterocycles. The molecule has 0 radical (unpaired) electrons. The topological polar surface area (TPSA) is 171 Å². The molecule has 1 heterocycles. The minimum absolute atomic E-state index is 0.000223. The molecule has 3 rings (SSSR count). The number of hydrogen-bond donors (Lipinski definition) is 4. The summed E-state index contributed by atoms with van der Waals surface area (Å²) < 4.78 is 12.9. The molecule has 0 bridgehead atoms. The van der Waals surface area contributed by atoms with Gasteiger partial charge in [0.2, 0.25) is 17.6 Å².